The Bertz CT molecular complexity index is 445. The Morgan fingerprint density at radius 2 is 2.11 bits per heavy atom. The largest absolute Gasteiger partial charge is 0.381 e. The molecule has 98 valence electrons. The summed E-state index contributed by atoms with van der Waals surface area (Å²) in [6.45, 7) is 1.71. The smallest absolute Gasteiger partial charge is 0.271 e. The maximum absolute atomic E-state index is 10.6. The number of nitro benzene ring substituents is 1. The van der Waals surface area contributed by atoms with E-state index in [-0.39, 0.29) is 5.69 Å². The molecule has 1 aliphatic rings. The Morgan fingerprint density at radius 3 is 2.61 bits per heavy atom. The molecule has 1 fully saturated rings. The van der Waals surface area contributed by atoms with Gasteiger partial charge in [0.05, 0.1) is 21.7 Å². The van der Waals surface area contributed by atoms with Crippen molar-refractivity contribution in [1.82, 2.24) is 0 Å². The van der Waals surface area contributed by atoms with Crippen molar-refractivity contribution in [3.05, 3.63) is 33.3 Å². The number of piperidine rings is 1. The van der Waals surface area contributed by atoms with E-state index in [1.54, 1.807) is 13.2 Å². The first-order valence-electron chi connectivity index (χ1n) is 5.83. The van der Waals surface area contributed by atoms with Gasteiger partial charge in [-0.3, -0.25) is 10.1 Å². The molecule has 0 aromatic heterocycles. The van der Waals surface area contributed by atoms with Crippen LogP contribution in [-0.4, -0.2) is 31.2 Å². The maximum Gasteiger partial charge on any atom is 0.271 e. The highest BCUT2D eigenvalue weighted by atomic mass is 35.5. The fraction of sp³-hybridized carbons (Fsp3) is 0.500. The average Bonchev–Trinajstić information content (AvgIpc) is 2.38. The quantitative estimate of drug-likeness (QED) is 0.626. The second-order valence-electron chi connectivity index (χ2n) is 4.31. The van der Waals surface area contributed by atoms with Gasteiger partial charge in [-0.05, 0) is 18.9 Å². The van der Waals surface area contributed by atoms with Crippen LogP contribution in [0.25, 0.3) is 0 Å². The van der Waals surface area contributed by atoms with Crippen LogP contribution in [0, 0.1) is 10.1 Å². The molecule has 1 aromatic rings. The summed E-state index contributed by atoms with van der Waals surface area (Å²) in [6, 6.07) is 4.61. The topological polar surface area (TPSA) is 55.6 Å². The SMILES string of the molecule is COC1CCN(c2ccc([N+](=O)[O-])cc2Cl)CC1. The predicted molar refractivity (Wildman–Crippen MR) is 70.4 cm³/mol. The fourth-order valence-electron chi connectivity index (χ4n) is 2.20. The number of rotatable bonds is 3. The van der Waals surface area contributed by atoms with Crippen molar-refractivity contribution in [3.8, 4) is 0 Å². The first-order valence-corrected chi connectivity index (χ1v) is 6.21. The molecule has 0 unspecified atom stereocenters. The lowest BCUT2D eigenvalue weighted by molar-refractivity contribution is -0.384. The number of hydrogen-bond acceptors (Lipinski definition) is 4. The van der Waals surface area contributed by atoms with Crippen molar-refractivity contribution in [2.24, 2.45) is 0 Å². The number of anilines is 1. The third kappa shape index (κ3) is 2.73. The van der Waals surface area contributed by atoms with Crippen molar-refractivity contribution in [3.63, 3.8) is 0 Å². The van der Waals surface area contributed by atoms with E-state index >= 15 is 0 Å². The summed E-state index contributed by atoms with van der Waals surface area (Å²) < 4.78 is 5.31. The highest BCUT2D eigenvalue weighted by molar-refractivity contribution is 6.33. The van der Waals surface area contributed by atoms with Crippen molar-refractivity contribution in [1.29, 1.82) is 0 Å². The number of methoxy groups -OCH3 is 1. The lowest BCUT2D eigenvalue weighted by atomic mass is 10.1. The first-order chi connectivity index (χ1) is 8.61. The van der Waals surface area contributed by atoms with Gasteiger partial charge in [-0.25, -0.2) is 0 Å². The molecular formula is C12H15ClN2O3. The fourth-order valence-corrected chi connectivity index (χ4v) is 2.49. The molecule has 0 spiro atoms. The molecule has 0 saturated carbocycles. The van der Waals surface area contributed by atoms with Gasteiger partial charge in [0, 0.05) is 32.3 Å². The average molecular weight is 271 g/mol. The molecule has 1 heterocycles. The summed E-state index contributed by atoms with van der Waals surface area (Å²) in [4.78, 5) is 12.3. The van der Waals surface area contributed by atoms with Gasteiger partial charge in [0.2, 0.25) is 0 Å². The second kappa shape index (κ2) is 5.54. The number of nitrogens with zero attached hydrogens (tertiary/aromatic N) is 2. The van der Waals surface area contributed by atoms with Crippen LogP contribution in [0.3, 0.4) is 0 Å². The molecule has 1 aromatic carbocycles. The van der Waals surface area contributed by atoms with Gasteiger partial charge in [0.1, 0.15) is 0 Å². The minimum Gasteiger partial charge on any atom is -0.381 e. The molecule has 0 amide bonds. The van der Waals surface area contributed by atoms with E-state index in [4.69, 9.17) is 16.3 Å². The predicted octanol–water partition coefficient (Wildman–Crippen LogP) is 2.86. The van der Waals surface area contributed by atoms with Crippen molar-refractivity contribution >= 4 is 23.0 Å². The van der Waals surface area contributed by atoms with Gasteiger partial charge in [-0.2, -0.15) is 0 Å². The Labute approximate surface area is 110 Å². The molecule has 0 bridgehead atoms. The Morgan fingerprint density at radius 1 is 1.44 bits per heavy atom. The van der Waals surface area contributed by atoms with Crippen LogP contribution >= 0.6 is 11.6 Å². The summed E-state index contributed by atoms with van der Waals surface area (Å²) >= 11 is 6.10. The molecule has 1 aliphatic heterocycles. The maximum atomic E-state index is 10.6. The molecule has 18 heavy (non-hydrogen) atoms. The van der Waals surface area contributed by atoms with Crippen molar-refractivity contribution < 1.29 is 9.66 Å². The summed E-state index contributed by atoms with van der Waals surface area (Å²) in [5.74, 6) is 0. The zero-order chi connectivity index (χ0) is 13.1. The molecular weight excluding hydrogens is 256 g/mol. The van der Waals surface area contributed by atoms with Crippen LogP contribution in [0.1, 0.15) is 12.8 Å². The molecule has 5 nitrogen and oxygen atoms in total. The number of hydrogen-bond donors (Lipinski definition) is 0. The minimum atomic E-state index is -0.438. The van der Waals surface area contributed by atoms with Crippen molar-refractivity contribution in [2.75, 3.05) is 25.1 Å². The molecule has 0 atom stereocenters. The van der Waals surface area contributed by atoms with Gasteiger partial charge in [-0.1, -0.05) is 11.6 Å². The summed E-state index contributed by atoms with van der Waals surface area (Å²) in [5.41, 5.74) is 0.882. The van der Waals surface area contributed by atoms with Gasteiger partial charge in [-0.15, -0.1) is 0 Å². The molecule has 0 N–H and O–H groups in total. The summed E-state index contributed by atoms with van der Waals surface area (Å²) in [6.07, 6.45) is 2.20. The number of ether oxygens (including phenoxy) is 1. The lowest BCUT2D eigenvalue weighted by Gasteiger charge is -2.33. The molecule has 0 aliphatic carbocycles. The van der Waals surface area contributed by atoms with E-state index in [0.717, 1.165) is 31.6 Å². The van der Waals surface area contributed by atoms with Gasteiger partial charge in [0.15, 0.2) is 0 Å². The van der Waals surface area contributed by atoms with Crippen LogP contribution in [0.5, 0.6) is 0 Å². The Hall–Kier alpha value is -1.33. The third-order valence-electron chi connectivity index (χ3n) is 3.26. The number of benzene rings is 1. The Kier molecular flexibility index (Phi) is 4.04. The summed E-state index contributed by atoms with van der Waals surface area (Å²) in [5, 5.41) is 11.1. The van der Waals surface area contributed by atoms with Gasteiger partial charge >= 0.3 is 0 Å². The molecule has 2 rings (SSSR count). The second-order valence-corrected chi connectivity index (χ2v) is 4.72. The van der Waals surface area contributed by atoms with Crippen LogP contribution in [-0.2, 0) is 4.74 Å². The minimum absolute atomic E-state index is 0.0236. The van der Waals surface area contributed by atoms with Gasteiger partial charge in [0.25, 0.3) is 5.69 Å². The standard InChI is InChI=1S/C12H15ClN2O3/c1-18-10-4-6-14(7-5-10)12-3-2-9(15(16)17)8-11(12)13/h2-3,8,10H,4-7H2,1H3. The zero-order valence-corrected chi connectivity index (χ0v) is 10.9. The van der Waals surface area contributed by atoms with E-state index in [1.165, 1.54) is 12.1 Å². The van der Waals surface area contributed by atoms with E-state index in [0.29, 0.717) is 11.1 Å². The normalized spacial score (nSPS) is 16.9. The van der Waals surface area contributed by atoms with E-state index in [1.807, 2.05) is 0 Å². The monoisotopic (exact) mass is 270 g/mol. The summed E-state index contributed by atoms with van der Waals surface area (Å²) in [7, 11) is 1.72. The lowest BCUT2D eigenvalue weighted by Crippen LogP contribution is -2.36. The van der Waals surface area contributed by atoms with Gasteiger partial charge < -0.3 is 9.64 Å². The van der Waals surface area contributed by atoms with Crippen LogP contribution in [0.15, 0.2) is 18.2 Å². The van der Waals surface area contributed by atoms with E-state index in [9.17, 15) is 10.1 Å². The highest BCUT2D eigenvalue weighted by Gasteiger charge is 2.21. The van der Waals surface area contributed by atoms with Crippen LogP contribution < -0.4 is 4.90 Å². The van der Waals surface area contributed by atoms with Crippen LogP contribution in [0.4, 0.5) is 11.4 Å². The number of halogens is 1. The van der Waals surface area contributed by atoms with E-state index < -0.39 is 4.92 Å². The third-order valence-corrected chi connectivity index (χ3v) is 3.56. The zero-order valence-electron chi connectivity index (χ0n) is 10.1. The molecule has 0 radical (unpaired) electrons. The van der Waals surface area contributed by atoms with Crippen LogP contribution in [0.2, 0.25) is 5.02 Å². The van der Waals surface area contributed by atoms with Crippen molar-refractivity contribution in [2.45, 2.75) is 18.9 Å². The molecule has 6 heteroatoms. The molecule has 1 saturated heterocycles. The number of non-ortho nitro benzene ring substituents is 1. The number of nitro groups is 1. The first kappa shape index (κ1) is 13.1. The Balaban J connectivity index is 2.12. The highest BCUT2D eigenvalue weighted by Crippen LogP contribution is 2.31. The van der Waals surface area contributed by atoms with E-state index in [2.05, 4.69) is 4.90 Å².